The fraction of sp³-hybridized carbons (Fsp3) is 0.133. The van der Waals surface area contributed by atoms with Crippen LogP contribution in [0.4, 0.5) is 0 Å². The van der Waals surface area contributed by atoms with E-state index >= 15 is 0 Å². The zero-order chi connectivity index (χ0) is 13.7. The van der Waals surface area contributed by atoms with E-state index in [1.165, 1.54) is 0 Å². The number of benzene rings is 1. The fourth-order valence-electron chi connectivity index (χ4n) is 1.66. The van der Waals surface area contributed by atoms with Gasteiger partial charge >= 0.3 is 0 Å². The van der Waals surface area contributed by atoms with E-state index in [2.05, 4.69) is 21.2 Å². The van der Waals surface area contributed by atoms with Crippen LogP contribution in [0.2, 0.25) is 0 Å². The van der Waals surface area contributed by atoms with E-state index in [1.54, 1.807) is 17.4 Å². The molecule has 1 heterocycles. The first-order valence-electron chi connectivity index (χ1n) is 5.94. The van der Waals surface area contributed by atoms with Crippen molar-refractivity contribution in [1.29, 1.82) is 0 Å². The second kappa shape index (κ2) is 6.68. The number of rotatable bonds is 4. The number of nitrogens with one attached hydrogen (secondary N) is 1. The summed E-state index contributed by atoms with van der Waals surface area (Å²) in [5.41, 5.74) is 1.10. The summed E-state index contributed by atoms with van der Waals surface area (Å²) in [6, 6.07) is 13.9. The van der Waals surface area contributed by atoms with Gasteiger partial charge in [0.1, 0.15) is 0 Å². The highest BCUT2D eigenvalue weighted by molar-refractivity contribution is 9.11. The highest BCUT2D eigenvalue weighted by Gasteiger charge is 2.06. The number of carbonyl (C=O) groups is 1. The molecule has 1 N–H and O–H groups in total. The van der Waals surface area contributed by atoms with Crippen molar-refractivity contribution >= 4 is 39.2 Å². The van der Waals surface area contributed by atoms with E-state index < -0.39 is 0 Å². The minimum atomic E-state index is -0.0825. The molecule has 2 rings (SSSR count). The van der Waals surface area contributed by atoms with Crippen LogP contribution < -0.4 is 5.32 Å². The minimum Gasteiger partial charge on any atom is -0.346 e. The van der Waals surface area contributed by atoms with Gasteiger partial charge in [-0.05, 0) is 46.6 Å². The van der Waals surface area contributed by atoms with Crippen LogP contribution in [0, 0.1) is 0 Å². The number of hydrogen-bond donors (Lipinski definition) is 1. The Bertz CT molecular complexity index is 577. The predicted octanol–water partition coefficient (Wildman–Crippen LogP) is 4.40. The molecule has 0 aliphatic carbocycles. The Morgan fingerprint density at radius 1 is 1.26 bits per heavy atom. The maximum absolute atomic E-state index is 11.8. The molecule has 0 bridgehead atoms. The number of halogens is 1. The minimum absolute atomic E-state index is 0.00780. The average Bonchev–Trinajstić information content (AvgIpc) is 2.83. The van der Waals surface area contributed by atoms with E-state index in [0.29, 0.717) is 0 Å². The van der Waals surface area contributed by atoms with Crippen molar-refractivity contribution in [1.82, 2.24) is 5.32 Å². The maximum Gasteiger partial charge on any atom is 0.244 e. The monoisotopic (exact) mass is 335 g/mol. The Morgan fingerprint density at radius 2 is 2.00 bits per heavy atom. The molecule has 2 aromatic rings. The first kappa shape index (κ1) is 14.0. The van der Waals surface area contributed by atoms with Crippen LogP contribution in [0.5, 0.6) is 0 Å². The topological polar surface area (TPSA) is 29.1 Å². The summed E-state index contributed by atoms with van der Waals surface area (Å²) in [6.07, 6.45) is 3.39. The molecule has 0 saturated carbocycles. The highest BCUT2D eigenvalue weighted by Crippen LogP contribution is 2.23. The van der Waals surface area contributed by atoms with Gasteiger partial charge < -0.3 is 5.32 Å². The van der Waals surface area contributed by atoms with E-state index in [1.807, 2.05) is 55.5 Å². The lowest BCUT2D eigenvalue weighted by Crippen LogP contribution is -2.24. The van der Waals surface area contributed by atoms with Gasteiger partial charge in [0, 0.05) is 11.0 Å². The van der Waals surface area contributed by atoms with Crippen LogP contribution in [0.1, 0.15) is 23.4 Å². The molecular formula is C15H14BrNOS. The Morgan fingerprint density at radius 3 is 2.63 bits per heavy atom. The van der Waals surface area contributed by atoms with Gasteiger partial charge in [-0.3, -0.25) is 4.79 Å². The van der Waals surface area contributed by atoms with E-state index in [0.717, 1.165) is 14.2 Å². The van der Waals surface area contributed by atoms with E-state index in [-0.39, 0.29) is 11.9 Å². The van der Waals surface area contributed by atoms with Crippen molar-refractivity contribution in [3.8, 4) is 0 Å². The quantitative estimate of drug-likeness (QED) is 0.824. The maximum atomic E-state index is 11.8. The van der Waals surface area contributed by atoms with Crippen LogP contribution >= 0.6 is 27.3 Å². The van der Waals surface area contributed by atoms with E-state index in [4.69, 9.17) is 0 Å². The van der Waals surface area contributed by atoms with Crippen molar-refractivity contribution in [3.63, 3.8) is 0 Å². The Labute approximate surface area is 125 Å². The zero-order valence-electron chi connectivity index (χ0n) is 10.5. The van der Waals surface area contributed by atoms with Gasteiger partial charge in [0.05, 0.1) is 9.83 Å². The standard InChI is InChI=1S/C15H14BrNOS/c1-11(12-5-3-2-4-6-12)17-15(18)10-8-13-7-9-14(16)19-13/h2-11H,1H3,(H,17,18)/b10-8+/t11-/m1/s1. The summed E-state index contributed by atoms with van der Waals surface area (Å²) < 4.78 is 1.06. The predicted molar refractivity (Wildman–Crippen MR) is 84.1 cm³/mol. The average molecular weight is 336 g/mol. The summed E-state index contributed by atoms with van der Waals surface area (Å²) in [5.74, 6) is -0.0825. The van der Waals surface area contributed by atoms with Gasteiger partial charge in [-0.15, -0.1) is 11.3 Å². The third kappa shape index (κ3) is 4.33. The third-order valence-corrected chi connectivity index (χ3v) is 4.24. The molecule has 19 heavy (non-hydrogen) atoms. The molecule has 1 amide bonds. The molecule has 1 aromatic carbocycles. The second-order valence-electron chi connectivity index (χ2n) is 4.12. The van der Waals surface area contributed by atoms with Crippen molar-refractivity contribution < 1.29 is 4.79 Å². The molecule has 0 saturated heterocycles. The molecule has 0 aliphatic heterocycles. The van der Waals surface area contributed by atoms with Crippen molar-refractivity contribution in [2.24, 2.45) is 0 Å². The molecule has 0 fully saturated rings. The summed E-state index contributed by atoms with van der Waals surface area (Å²) in [5, 5.41) is 2.94. The Hall–Kier alpha value is -1.39. The lowest BCUT2D eigenvalue weighted by molar-refractivity contribution is -0.117. The third-order valence-electron chi connectivity index (χ3n) is 2.65. The smallest absolute Gasteiger partial charge is 0.244 e. The van der Waals surface area contributed by atoms with Gasteiger partial charge in [-0.1, -0.05) is 30.3 Å². The van der Waals surface area contributed by atoms with Gasteiger partial charge in [-0.2, -0.15) is 0 Å². The van der Waals surface area contributed by atoms with Crippen LogP contribution in [-0.2, 0) is 4.79 Å². The van der Waals surface area contributed by atoms with Gasteiger partial charge in [0.25, 0.3) is 0 Å². The molecule has 0 spiro atoms. The molecule has 0 aliphatic rings. The van der Waals surface area contributed by atoms with Crippen molar-refractivity contribution in [3.05, 3.63) is 62.8 Å². The molecular weight excluding hydrogens is 322 g/mol. The van der Waals surface area contributed by atoms with Crippen LogP contribution in [0.15, 0.2) is 52.3 Å². The molecule has 2 nitrogen and oxygen atoms in total. The SMILES string of the molecule is C[C@@H](NC(=O)/C=C/c1ccc(Br)s1)c1ccccc1. The zero-order valence-corrected chi connectivity index (χ0v) is 12.9. The summed E-state index contributed by atoms with van der Waals surface area (Å²) in [4.78, 5) is 12.9. The lowest BCUT2D eigenvalue weighted by atomic mass is 10.1. The Kier molecular flexibility index (Phi) is 4.93. The van der Waals surface area contributed by atoms with Crippen LogP contribution in [0.25, 0.3) is 6.08 Å². The summed E-state index contributed by atoms with van der Waals surface area (Å²) >= 11 is 4.99. The van der Waals surface area contributed by atoms with Gasteiger partial charge in [0.15, 0.2) is 0 Å². The summed E-state index contributed by atoms with van der Waals surface area (Å²) in [7, 11) is 0. The highest BCUT2D eigenvalue weighted by atomic mass is 79.9. The first-order valence-corrected chi connectivity index (χ1v) is 7.55. The van der Waals surface area contributed by atoms with Crippen molar-refractivity contribution in [2.75, 3.05) is 0 Å². The molecule has 1 aromatic heterocycles. The molecule has 0 unspecified atom stereocenters. The fourth-order valence-corrected chi connectivity index (χ4v) is 2.99. The Balaban J connectivity index is 1.93. The lowest BCUT2D eigenvalue weighted by Gasteiger charge is -2.12. The number of amides is 1. The van der Waals surface area contributed by atoms with Crippen molar-refractivity contribution in [2.45, 2.75) is 13.0 Å². The largest absolute Gasteiger partial charge is 0.346 e. The summed E-state index contributed by atoms with van der Waals surface area (Å²) in [6.45, 7) is 1.98. The molecule has 98 valence electrons. The van der Waals surface area contributed by atoms with Gasteiger partial charge in [-0.25, -0.2) is 0 Å². The number of thiophene rings is 1. The number of carbonyl (C=O) groups excluding carboxylic acids is 1. The number of hydrogen-bond acceptors (Lipinski definition) is 2. The first-order chi connectivity index (χ1) is 9.15. The van der Waals surface area contributed by atoms with Gasteiger partial charge in [0.2, 0.25) is 5.91 Å². The second-order valence-corrected chi connectivity index (χ2v) is 6.61. The van der Waals surface area contributed by atoms with Crippen LogP contribution in [-0.4, -0.2) is 5.91 Å². The van der Waals surface area contributed by atoms with E-state index in [9.17, 15) is 4.79 Å². The molecule has 0 radical (unpaired) electrons. The normalized spacial score (nSPS) is 12.5. The molecule has 1 atom stereocenters. The van der Waals surface area contributed by atoms with Crippen LogP contribution in [0.3, 0.4) is 0 Å². The molecule has 4 heteroatoms.